The number of likely N-dealkylation sites (tertiary alicyclic amines) is 1. The molecule has 0 aliphatic carbocycles. The van der Waals surface area contributed by atoms with E-state index in [4.69, 9.17) is 12.2 Å². The second kappa shape index (κ2) is 7.73. The maximum absolute atomic E-state index is 12.3. The van der Waals surface area contributed by atoms with E-state index >= 15 is 0 Å². The van der Waals surface area contributed by atoms with Gasteiger partial charge in [0.25, 0.3) is 5.56 Å². The first kappa shape index (κ1) is 18.6. The van der Waals surface area contributed by atoms with Gasteiger partial charge in [-0.1, -0.05) is 30.0 Å². The molecule has 1 amide bonds. The predicted molar refractivity (Wildman–Crippen MR) is 114 cm³/mol. The number of piperidine rings is 1. The molecular weight excluding hydrogens is 400 g/mol. The number of hydrogen-bond donors (Lipinski definition) is 1. The van der Waals surface area contributed by atoms with Crippen molar-refractivity contribution in [2.24, 2.45) is 5.92 Å². The lowest BCUT2D eigenvalue weighted by atomic mass is 9.83. The summed E-state index contributed by atoms with van der Waals surface area (Å²) in [6.45, 7) is 4.24. The number of aromatic nitrogens is 2. The highest BCUT2D eigenvalue weighted by molar-refractivity contribution is 8.23. The molecule has 2 aliphatic rings. The largest absolute Gasteiger partial charge is 0.356 e. The Balaban J connectivity index is 1.40. The molecule has 2 aliphatic heterocycles. The maximum atomic E-state index is 12.3. The second-order valence-corrected chi connectivity index (χ2v) is 9.82. The first-order valence-electron chi connectivity index (χ1n) is 8.87. The molecule has 2 bridgehead atoms. The van der Waals surface area contributed by atoms with Crippen LogP contribution in [0.2, 0.25) is 0 Å². The molecule has 3 atom stereocenters. The van der Waals surface area contributed by atoms with Crippen LogP contribution >= 0.6 is 35.3 Å². The number of thioether (sulfide) groups is 1. The summed E-state index contributed by atoms with van der Waals surface area (Å²) in [7, 11) is 0. The van der Waals surface area contributed by atoms with Gasteiger partial charge in [0, 0.05) is 48.9 Å². The van der Waals surface area contributed by atoms with Crippen molar-refractivity contribution in [3.05, 3.63) is 45.8 Å². The van der Waals surface area contributed by atoms with Crippen LogP contribution in [0.1, 0.15) is 25.0 Å². The Morgan fingerprint density at radius 1 is 1.41 bits per heavy atom. The number of nitrogens with zero attached hydrogens (tertiary/aromatic N) is 3. The number of pyridine rings is 1. The quantitative estimate of drug-likeness (QED) is 0.771. The highest BCUT2D eigenvalue weighted by Gasteiger charge is 2.35. The average Bonchev–Trinajstić information content (AvgIpc) is 3.15. The van der Waals surface area contributed by atoms with Gasteiger partial charge in [-0.15, -0.1) is 11.3 Å². The summed E-state index contributed by atoms with van der Waals surface area (Å²) in [5.41, 5.74) is 1.19. The Bertz CT molecular complexity index is 912. The fourth-order valence-electron chi connectivity index (χ4n) is 3.82. The van der Waals surface area contributed by atoms with E-state index in [1.54, 1.807) is 12.3 Å². The van der Waals surface area contributed by atoms with E-state index in [1.165, 1.54) is 23.1 Å². The van der Waals surface area contributed by atoms with Crippen LogP contribution in [0, 0.1) is 5.92 Å². The first-order valence-corrected chi connectivity index (χ1v) is 11.0. The highest BCUT2D eigenvalue weighted by atomic mass is 32.2. The minimum Gasteiger partial charge on any atom is -0.356 e. The summed E-state index contributed by atoms with van der Waals surface area (Å²) in [5.74, 6) is 0.630. The molecule has 3 unspecified atom stereocenters. The van der Waals surface area contributed by atoms with E-state index in [9.17, 15) is 9.59 Å². The van der Waals surface area contributed by atoms with Gasteiger partial charge in [-0.2, -0.15) is 0 Å². The summed E-state index contributed by atoms with van der Waals surface area (Å²) in [6, 6.07) is 5.52. The lowest BCUT2D eigenvalue weighted by Gasteiger charge is -2.43. The van der Waals surface area contributed by atoms with Gasteiger partial charge in [-0.25, -0.2) is 4.98 Å². The molecule has 4 heterocycles. The Hall–Kier alpha value is -1.71. The molecule has 2 aromatic rings. The Morgan fingerprint density at radius 3 is 3.04 bits per heavy atom. The van der Waals surface area contributed by atoms with E-state index in [0.29, 0.717) is 17.0 Å². The number of nitrogens with one attached hydrogen (secondary N) is 1. The van der Waals surface area contributed by atoms with E-state index in [0.717, 1.165) is 36.1 Å². The zero-order valence-electron chi connectivity index (χ0n) is 14.8. The number of fused-ring (bicyclic) bond motifs is 4. The Kier molecular flexibility index (Phi) is 5.34. The van der Waals surface area contributed by atoms with Crippen LogP contribution in [-0.4, -0.2) is 43.0 Å². The van der Waals surface area contributed by atoms with Crippen molar-refractivity contribution in [2.45, 2.75) is 31.1 Å². The van der Waals surface area contributed by atoms with Crippen LogP contribution in [-0.2, 0) is 11.3 Å². The minimum atomic E-state index is -0.293. The highest BCUT2D eigenvalue weighted by Crippen LogP contribution is 2.36. The zero-order chi connectivity index (χ0) is 19.0. The molecule has 1 saturated heterocycles. The smallest absolute Gasteiger partial charge is 0.250 e. The van der Waals surface area contributed by atoms with Crippen LogP contribution in [0.4, 0.5) is 5.13 Å². The molecule has 9 heteroatoms. The molecule has 1 N–H and O–H groups in total. The molecule has 0 saturated carbocycles. The third kappa shape index (κ3) is 3.95. The summed E-state index contributed by atoms with van der Waals surface area (Å²) in [6.07, 6.45) is 2.76. The van der Waals surface area contributed by atoms with Crippen molar-refractivity contribution in [1.29, 1.82) is 0 Å². The fraction of sp³-hybridized carbons (Fsp3) is 0.444. The van der Waals surface area contributed by atoms with Crippen molar-refractivity contribution in [3.8, 4) is 0 Å². The van der Waals surface area contributed by atoms with Gasteiger partial charge in [-0.05, 0) is 25.3 Å². The van der Waals surface area contributed by atoms with E-state index in [1.807, 2.05) is 29.0 Å². The van der Waals surface area contributed by atoms with Crippen LogP contribution in [0.3, 0.4) is 0 Å². The van der Waals surface area contributed by atoms with Crippen molar-refractivity contribution in [1.82, 2.24) is 14.5 Å². The molecular formula is C18H20N4O2S3. The third-order valence-electron chi connectivity index (χ3n) is 5.05. The van der Waals surface area contributed by atoms with Crippen LogP contribution in [0.5, 0.6) is 0 Å². The number of carbonyl (C=O) groups is 1. The molecule has 0 aromatic carbocycles. The van der Waals surface area contributed by atoms with Crippen LogP contribution < -0.4 is 10.9 Å². The Labute approximate surface area is 171 Å². The summed E-state index contributed by atoms with van der Waals surface area (Å²) in [4.78, 5) is 30.8. The van der Waals surface area contributed by atoms with Crippen LogP contribution in [0.25, 0.3) is 0 Å². The number of thiazole rings is 1. The number of hydrogen-bond acceptors (Lipinski definition) is 6. The van der Waals surface area contributed by atoms with Crippen molar-refractivity contribution >= 4 is 50.7 Å². The molecule has 6 nitrogen and oxygen atoms in total. The SMILES string of the molecule is CC(SC(=S)N1CC2CC(C1)c1cccc(=O)n1C2)C(=O)Nc1nccs1. The molecule has 2 aromatic heterocycles. The number of carbonyl (C=O) groups excluding carboxylic acids is 1. The van der Waals surface area contributed by atoms with Gasteiger partial charge >= 0.3 is 0 Å². The maximum Gasteiger partial charge on any atom is 0.250 e. The van der Waals surface area contributed by atoms with Crippen LogP contribution in [0.15, 0.2) is 34.6 Å². The van der Waals surface area contributed by atoms with Crippen molar-refractivity contribution in [2.75, 3.05) is 18.4 Å². The van der Waals surface area contributed by atoms with Gasteiger partial charge in [0.05, 0.1) is 5.25 Å². The third-order valence-corrected chi connectivity index (χ3v) is 7.31. The van der Waals surface area contributed by atoms with E-state index in [-0.39, 0.29) is 16.7 Å². The Morgan fingerprint density at radius 2 is 2.26 bits per heavy atom. The molecule has 0 spiro atoms. The molecule has 27 heavy (non-hydrogen) atoms. The molecule has 142 valence electrons. The van der Waals surface area contributed by atoms with Gasteiger partial charge in [-0.3, -0.25) is 9.59 Å². The van der Waals surface area contributed by atoms with Crippen molar-refractivity contribution in [3.63, 3.8) is 0 Å². The number of rotatable bonds is 3. The summed E-state index contributed by atoms with van der Waals surface area (Å²) < 4.78 is 2.66. The normalized spacial score (nSPS) is 22.0. The van der Waals surface area contributed by atoms with Crippen molar-refractivity contribution < 1.29 is 4.79 Å². The van der Waals surface area contributed by atoms with Gasteiger partial charge in [0.1, 0.15) is 4.32 Å². The van der Waals surface area contributed by atoms with Gasteiger partial charge < -0.3 is 14.8 Å². The lowest BCUT2D eigenvalue weighted by molar-refractivity contribution is -0.115. The molecule has 0 radical (unpaired) electrons. The number of thiocarbonyl (C=S) groups is 1. The fourth-order valence-corrected chi connectivity index (χ4v) is 5.70. The van der Waals surface area contributed by atoms with E-state index < -0.39 is 0 Å². The number of amides is 1. The monoisotopic (exact) mass is 420 g/mol. The summed E-state index contributed by atoms with van der Waals surface area (Å²) >= 11 is 8.46. The van der Waals surface area contributed by atoms with E-state index in [2.05, 4.69) is 15.2 Å². The minimum absolute atomic E-state index is 0.0834. The molecule has 1 fully saturated rings. The molecule has 4 rings (SSSR count). The van der Waals surface area contributed by atoms with Gasteiger partial charge in [0.2, 0.25) is 5.91 Å². The second-order valence-electron chi connectivity index (χ2n) is 6.96. The lowest BCUT2D eigenvalue weighted by Crippen LogP contribution is -2.48. The number of anilines is 1. The first-order chi connectivity index (χ1) is 13.0. The topological polar surface area (TPSA) is 67.2 Å². The van der Waals surface area contributed by atoms with Gasteiger partial charge in [0.15, 0.2) is 5.13 Å². The predicted octanol–water partition coefficient (Wildman–Crippen LogP) is 2.77. The standard InChI is InChI=1S/C18H20N4O2S3/c1-11(16(24)20-17-19-5-6-26-17)27-18(25)21-8-12-7-13(10-21)14-3-2-4-15(23)22(14)9-12/h2-6,11-13H,7-10H2,1H3,(H,19,20,24). The zero-order valence-corrected chi connectivity index (χ0v) is 17.3. The summed E-state index contributed by atoms with van der Waals surface area (Å²) in [5, 5.41) is 4.96. The average molecular weight is 421 g/mol.